The summed E-state index contributed by atoms with van der Waals surface area (Å²) in [5.41, 5.74) is -1.63. The fourth-order valence-electron chi connectivity index (χ4n) is 3.13. The molecule has 158 valence electrons. The Morgan fingerprint density at radius 2 is 2.00 bits per heavy atom. The van der Waals surface area contributed by atoms with E-state index in [0.29, 0.717) is 19.0 Å². The van der Waals surface area contributed by atoms with Crippen LogP contribution in [-0.2, 0) is 21.0 Å². The maximum absolute atomic E-state index is 13.3. The number of nitrogens with one attached hydrogen (secondary N) is 1. The van der Waals surface area contributed by atoms with Crippen molar-refractivity contribution in [1.82, 2.24) is 14.5 Å². The van der Waals surface area contributed by atoms with Crippen molar-refractivity contribution >= 4 is 15.9 Å². The quantitative estimate of drug-likeness (QED) is 0.537. The van der Waals surface area contributed by atoms with Gasteiger partial charge in [-0.1, -0.05) is 0 Å². The fraction of sp³-hybridized carbons (Fsp3) is 0.588. The second-order valence-electron chi connectivity index (χ2n) is 6.82. The van der Waals surface area contributed by atoms with E-state index in [9.17, 15) is 30.8 Å². The lowest BCUT2D eigenvalue weighted by atomic mass is 10.2. The Bertz CT molecular complexity index is 812. The molecule has 11 heteroatoms. The number of likely N-dealkylation sites (tertiary alicyclic amines) is 1. The van der Waals surface area contributed by atoms with Crippen LogP contribution in [0.1, 0.15) is 24.8 Å². The van der Waals surface area contributed by atoms with Crippen LogP contribution in [0, 0.1) is 5.82 Å². The number of carbonyl (C=O) groups is 1. The van der Waals surface area contributed by atoms with E-state index in [0.717, 1.165) is 25.5 Å². The highest BCUT2D eigenvalue weighted by Gasteiger charge is 2.35. The number of benzene rings is 1. The predicted octanol–water partition coefficient (Wildman–Crippen LogP) is 2.07. The number of rotatable bonds is 7. The summed E-state index contributed by atoms with van der Waals surface area (Å²) in [6, 6.07) is 1.32. The van der Waals surface area contributed by atoms with Crippen LogP contribution in [-0.4, -0.2) is 63.9 Å². The maximum atomic E-state index is 13.3. The van der Waals surface area contributed by atoms with E-state index < -0.39 is 32.5 Å². The number of halogens is 4. The van der Waals surface area contributed by atoms with Gasteiger partial charge in [-0.15, -0.1) is 0 Å². The van der Waals surface area contributed by atoms with E-state index in [1.807, 2.05) is 4.90 Å². The van der Waals surface area contributed by atoms with Crippen molar-refractivity contribution in [3.05, 3.63) is 29.6 Å². The van der Waals surface area contributed by atoms with Crippen molar-refractivity contribution in [3.63, 3.8) is 0 Å². The Balaban J connectivity index is 1.95. The van der Waals surface area contributed by atoms with Crippen LogP contribution in [0.5, 0.6) is 0 Å². The summed E-state index contributed by atoms with van der Waals surface area (Å²) in [7, 11) is -0.866. The monoisotopic (exact) mass is 425 g/mol. The number of likely N-dealkylation sites (N-methyl/N-ethyl adjacent to an activating group) is 1. The third-order valence-electron chi connectivity index (χ3n) is 4.56. The average Bonchev–Trinajstić information content (AvgIpc) is 3.05. The summed E-state index contributed by atoms with van der Waals surface area (Å²) < 4.78 is 78.2. The molecule has 2 rings (SSSR count). The van der Waals surface area contributed by atoms with Crippen LogP contribution in [0.25, 0.3) is 0 Å². The molecule has 1 aliphatic heterocycles. The summed E-state index contributed by atoms with van der Waals surface area (Å²) >= 11 is 0. The zero-order valence-corrected chi connectivity index (χ0v) is 16.4. The molecule has 0 aromatic heterocycles. The molecule has 1 unspecified atom stereocenters. The van der Waals surface area contributed by atoms with E-state index in [1.54, 1.807) is 14.1 Å². The van der Waals surface area contributed by atoms with Gasteiger partial charge >= 0.3 is 6.18 Å². The first-order valence-corrected chi connectivity index (χ1v) is 10.2. The molecular weight excluding hydrogens is 402 g/mol. The number of hydrogen-bond donors (Lipinski definition) is 1. The van der Waals surface area contributed by atoms with Crippen LogP contribution < -0.4 is 4.72 Å². The molecule has 1 aliphatic rings. The summed E-state index contributed by atoms with van der Waals surface area (Å²) in [4.78, 5) is 15.0. The van der Waals surface area contributed by atoms with Gasteiger partial charge in [0.15, 0.2) is 0 Å². The zero-order chi connectivity index (χ0) is 21.1. The number of nitrogens with zero attached hydrogens (tertiary/aromatic N) is 2. The van der Waals surface area contributed by atoms with Crippen LogP contribution in [0.4, 0.5) is 17.6 Å². The van der Waals surface area contributed by atoms with Gasteiger partial charge < -0.3 is 4.90 Å². The molecule has 1 heterocycles. The fourth-order valence-corrected chi connectivity index (χ4v) is 4.23. The molecule has 1 N–H and O–H groups in total. The normalized spacial score (nSPS) is 18.4. The largest absolute Gasteiger partial charge is 0.419 e. The Kier molecular flexibility index (Phi) is 7.05. The smallest absolute Gasteiger partial charge is 0.347 e. The van der Waals surface area contributed by atoms with Crippen LogP contribution in [0.3, 0.4) is 0 Å². The van der Waals surface area contributed by atoms with Crippen molar-refractivity contribution in [2.45, 2.75) is 36.4 Å². The molecule has 0 bridgehead atoms. The van der Waals surface area contributed by atoms with Crippen molar-refractivity contribution in [2.75, 3.05) is 33.7 Å². The highest BCUT2D eigenvalue weighted by Crippen LogP contribution is 2.32. The first-order chi connectivity index (χ1) is 12.9. The topological polar surface area (TPSA) is 69.7 Å². The molecule has 0 saturated carbocycles. The summed E-state index contributed by atoms with van der Waals surface area (Å²) in [6.07, 6.45) is -3.01. The highest BCUT2D eigenvalue weighted by atomic mass is 32.2. The molecule has 1 amide bonds. The van der Waals surface area contributed by atoms with Crippen molar-refractivity contribution in [3.8, 4) is 0 Å². The lowest BCUT2D eigenvalue weighted by Crippen LogP contribution is -2.43. The average molecular weight is 425 g/mol. The standard InChI is InChI=1S/C17H23F4N3O3S/c1-23(2)16(25)15-5-3-9-24(15)10-4-8-22-28(26,27)12-6-7-14(18)13(11-12)17(19,20)21/h6-7,11,15,22H,3-5,8-10H2,1-2H3. The van der Waals surface area contributed by atoms with E-state index in [4.69, 9.17) is 0 Å². The van der Waals surface area contributed by atoms with Gasteiger partial charge in [0.05, 0.1) is 16.5 Å². The number of sulfonamides is 1. The van der Waals surface area contributed by atoms with E-state index >= 15 is 0 Å². The minimum Gasteiger partial charge on any atom is -0.347 e. The summed E-state index contributed by atoms with van der Waals surface area (Å²) in [6.45, 7) is 1.19. The van der Waals surface area contributed by atoms with Crippen molar-refractivity contribution < 1.29 is 30.8 Å². The van der Waals surface area contributed by atoms with Crippen LogP contribution in [0.2, 0.25) is 0 Å². The van der Waals surface area contributed by atoms with E-state index in [1.165, 1.54) is 4.90 Å². The van der Waals surface area contributed by atoms with Gasteiger partial charge in [0.1, 0.15) is 5.82 Å². The Morgan fingerprint density at radius 1 is 1.32 bits per heavy atom. The zero-order valence-electron chi connectivity index (χ0n) is 15.6. The molecule has 1 aromatic carbocycles. The molecule has 0 aliphatic carbocycles. The third-order valence-corrected chi connectivity index (χ3v) is 6.02. The molecule has 1 saturated heterocycles. The molecule has 6 nitrogen and oxygen atoms in total. The van der Waals surface area contributed by atoms with E-state index in [2.05, 4.69) is 4.72 Å². The second-order valence-corrected chi connectivity index (χ2v) is 8.58. The predicted molar refractivity (Wildman–Crippen MR) is 94.5 cm³/mol. The maximum Gasteiger partial charge on any atom is 0.419 e. The lowest BCUT2D eigenvalue weighted by Gasteiger charge is -2.26. The van der Waals surface area contributed by atoms with Gasteiger partial charge in [-0.25, -0.2) is 17.5 Å². The first kappa shape index (κ1) is 22.6. The Morgan fingerprint density at radius 3 is 2.61 bits per heavy atom. The van der Waals surface area contributed by atoms with Gasteiger partial charge in [-0.3, -0.25) is 9.69 Å². The van der Waals surface area contributed by atoms with Gasteiger partial charge in [-0.05, 0) is 44.0 Å². The lowest BCUT2D eigenvalue weighted by molar-refractivity contribution is -0.140. The van der Waals surface area contributed by atoms with Gasteiger partial charge in [-0.2, -0.15) is 13.2 Å². The van der Waals surface area contributed by atoms with Gasteiger partial charge in [0, 0.05) is 27.2 Å². The minimum atomic E-state index is -4.99. The molecule has 28 heavy (non-hydrogen) atoms. The van der Waals surface area contributed by atoms with Crippen molar-refractivity contribution in [1.29, 1.82) is 0 Å². The third kappa shape index (κ3) is 5.42. The molecule has 0 radical (unpaired) electrons. The number of amides is 1. The van der Waals surface area contributed by atoms with Crippen molar-refractivity contribution in [2.24, 2.45) is 0 Å². The van der Waals surface area contributed by atoms with Crippen LogP contribution >= 0.6 is 0 Å². The number of alkyl halides is 3. The van der Waals surface area contributed by atoms with Gasteiger partial charge in [0.25, 0.3) is 0 Å². The molecular formula is C17H23F4N3O3S. The minimum absolute atomic E-state index is 0.0101. The highest BCUT2D eigenvalue weighted by molar-refractivity contribution is 7.89. The first-order valence-electron chi connectivity index (χ1n) is 8.75. The van der Waals surface area contributed by atoms with Gasteiger partial charge in [0.2, 0.25) is 15.9 Å². The molecule has 1 fully saturated rings. The number of hydrogen-bond acceptors (Lipinski definition) is 4. The molecule has 0 spiro atoms. The van der Waals surface area contributed by atoms with E-state index in [-0.39, 0.29) is 24.6 Å². The SMILES string of the molecule is CN(C)C(=O)C1CCCN1CCCNS(=O)(=O)c1ccc(F)c(C(F)(F)F)c1. The summed E-state index contributed by atoms with van der Waals surface area (Å²) in [5.74, 6) is -1.54. The Labute approximate surface area is 161 Å². The summed E-state index contributed by atoms with van der Waals surface area (Å²) in [5, 5.41) is 0. The Hall–Kier alpha value is -1.72. The van der Waals surface area contributed by atoms with Crippen LogP contribution in [0.15, 0.2) is 23.1 Å². The number of carbonyl (C=O) groups excluding carboxylic acids is 1. The second kappa shape index (κ2) is 8.75. The molecule has 1 aromatic rings. The molecule has 1 atom stereocenters.